The van der Waals surface area contributed by atoms with Crippen LogP contribution in [0.5, 0.6) is 5.75 Å². The number of hydrogen-bond donors (Lipinski definition) is 1. The van der Waals surface area contributed by atoms with E-state index < -0.39 is 11.6 Å². The number of carbonyl (C=O) groups excluding carboxylic acids is 2. The predicted molar refractivity (Wildman–Crippen MR) is 169 cm³/mol. The molecule has 1 amide bonds. The first-order valence-electron chi connectivity index (χ1n) is 15.0. The van der Waals surface area contributed by atoms with Crippen LogP contribution in [0.4, 0.5) is 0 Å². The number of aromatic nitrogens is 1. The first kappa shape index (κ1) is 30.9. The van der Waals surface area contributed by atoms with Crippen molar-refractivity contribution < 1.29 is 19.1 Å². The minimum absolute atomic E-state index is 0.0792. The molecule has 0 saturated heterocycles. The Morgan fingerprint density at radius 3 is 2.43 bits per heavy atom. The quantitative estimate of drug-likeness (QED) is 0.178. The van der Waals surface area contributed by atoms with E-state index in [-0.39, 0.29) is 11.9 Å². The zero-order chi connectivity index (χ0) is 30.4. The number of hydrogen-bond acceptors (Lipinski definition) is 4. The van der Waals surface area contributed by atoms with Crippen LogP contribution in [0.3, 0.4) is 0 Å². The summed E-state index contributed by atoms with van der Waals surface area (Å²) in [7, 11) is 1.36. The van der Waals surface area contributed by atoms with Gasteiger partial charge in [-0.2, -0.15) is 0 Å². The highest BCUT2D eigenvalue weighted by Gasteiger charge is 2.31. The molecule has 0 fully saturated rings. The van der Waals surface area contributed by atoms with Crippen molar-refractivity contribution in [2.45, 2.75) is 85.4 Å². The molecule has 4 rings (SSSR count). The lowest BCUT2D eigenvalue weighted by Gasteiger charge is -2.23. The van der Waals surface area contributed by atoms with Crippen LogP contribution in [0.15, 0.2) is 66.7 Å². The van der Waals surface area contributed by atoms with Gasteiger partial charge in [0.2, 0.25) is 0 Å². The molecule has 4 aromatic rings. The van der Waals surface area contributed by atoms with Crippen LogP contribution in [0, 0.1) is 6.92 Å². The molecule has 0 aliphatic carbocycles. The molecule has 0 radical (unpaired) electrons. The molecule has 1 N–H and O–H groups in total. The molecular weight excluding hydrogens is 524 g/mol. The molecule has 0 aliphatic rings. The second-order valence-corrected chi connectivity index (χ2v) is 11.5. The SMILES string of the molecule is CCCCc1cccc([C@H](C)NC(=O)c2ccc3c(Cc4cccc(OC(C)(C)C(=O)OC)c4)c(C)n(CC)c3c2)c1. The second kappa shape index (κ2) is 13.3. The van der Waals surface area contributed by atoms with Crippen LogP contribution >= 0.6 is 0 Å². The lowest BCUT2D eigenvalue weighted by atomic mass is 10.00. The average Bonchev–Trinajstić information content (AvgIpc) is 3.24. The summed E-state index contributed by atoms with van der Waals surface area (Å²) in [5.41, 5.74) is 6.49. The van der Waals surface area contributed by atoms with E-state index in [1.165, 1.54) is 23.9 Å². The fourth-order valence-electron chi connectivity index (χ4n) is 5.59. The Hall–Kier alpha value is -4.06. The molecule has 0 spiro atoms. The van der Waals surface area contributed by atoms with Gasteiger partial charge >= 0.3 is 5.97 Å². The van der Waals surface area contributed by atoms with Gasteiger partial charge in [0, 0.05) is 28.7 Å². The molecule has 6 nitrogen and oxygen atoms in total. The van der Waals surface area contributed by atoms with Gasteiger partial charge in [0.1, 0.15) is 5.75 Å². The summed E-state index contributed by atoms with van der Waals surface area (Å²) in [4.78, 5) is 25.5. The standard InChI is InChI=1S/C36H44N2O4/c1-8-10-13-26-14-11-16-28(20-26)24(3)37-34(39)29-18-19-31-32(25(4)38(9-2)33(31)23-29)22-27-15-12-17-30(21-27)42-36(5,6)35(40)41-7/h11-12,14-21,23-24H,8-10,13,22H2,1-7H3,(H,37,39)/t24-/m0/s1. The summed E-state index contributed by atoms with van der Waals surface area (Å²) in [5, 5.41) is 4.33. The number of aryl methyl sites for hydroxylation is 2. The third-order valence-electron chi connectivity index (χ3n) is 7.98. The van der Waals surface area contributed by atoms with Crippen LogP contribution in [-0.2, 0) is 28.9 Å². The third-order valence-corrected chi connectivity index (χ3v) is 7.98. The fourth-order valence-corrected chi connectivity index (χ4v) is 5.59. The normalized spacial score (nSPS) is 12.3. The number of amides is 1. The van der Waals surface area contributed by atoms with Crippen LogP contribution < -0.4 is 10.1 Å². The van der Waals surface area contributed by atoms with E-state index >= 15 is 0 Å². The molecule has 42 heavy (non-hydrogen) atoms. The largest absolute Gasteiger partial charge is 0.476 e. The zero-order valence-corrected chi connectivity index (χ0v) is 26.0. The summed E-state index contributed by atoms with van der Waals surface area (Å²) in [5.74, 6) is 0.109. The number of methoxy groups -OCH3 is 1. The molecular formula is C36H44N2O4. The van der Waals surface area contributed by atoms with E-state index in [4.69, 9.17) is 9.47 Å². The Bertz CT molecular complexity index is 1570. The molecule has 222 valence electrons. The smallest absolute Gasteiger partial charge is 0.349 e. The average molecular weight is 569 g/mol. The van der Waals surface area contributed by atoms with Crippen LogP contribution in [0.2, 0.25) is 0 Å². The van der Waals surface area contributed by atoms with Crippen molar-refractivity contribution in [3.05, 3.63) is 100 Å². The van der Waals surface area contributed by atoms with Crippen LogP contribution in [0.25, 0.3) is 10.9 Å². The van der Waals surface area contributed by atoms with Gasteiger partial charge in [-0.15, -0.1) is 0 Å². The van der Waals surface area contributed by atoms with Gasteiger partial charge in [0.15, 0.2) is 5.60 Å². The van der Waals surface area contributed by atoms with E-state index in [1.54, 1.807) is 13.8 Å². The molecule has 6 heteroatoms. The van der Waals surface area contributed by atoms with Gasteiger partial charge in [-0.3, -0.25) is 4.79 Å². The topological polar surface area (TPSA) is 69.6 Å². The Kier molecular flexibility index (Phi) is 9.77. The first-order chi connectivity index (χ1) is 20.1. The molecule has 1 aromatic heterocycles. The maximum atomic E-state index is 13.4. The molecule has 0 unspecified atom stereocenters. The highest BCUT2D eigenvalue weighted by atomic mass is 16.6. The fraction of sp³-hybridized carbons (Fsp3) is 0.389. The minimum atomic E-state index is -1.09. The lowest BCUT2D eigenvalue weighted by Crippen LogP contribution is -2.39. The van der Waals surface area contributed by atoms with Crippen molar-refractivity contribution in [3.63, 3.8) is 0 Å². The molecule has 3 aromatic carbocycles. The number of benzene rings is 3. The maximum Gasteiger partial charge on any atom is 0.349 e. The lowest BCUT2D eigenvalue weighted by molar-refractivity contribution is -0.156. The van der Waals surface area contributed by atoms with Crippen molar-refractivity contribution in [1.29, 1.82) is 0 Å². The number of nitrogens with zero attached hydrogens (tertiary/aromatic N) is 1. The summed E-state index contributed by atoms with van der Waals surface area (Å²) >= 11 is 0. The molecule has 0 saturated carbocycles. The minimum Gasteiger partial charge on any atom is -0.476 e. The van der Waals surface area contributed by atoms with Crippen LogP contribution in [0.1, 0.15) is 91.8 Å². The zero-order valence-electron chi connectivity index (χ0n) is 26.0. The predicted octanol–water partition coefficient (Wildman–Crippen LogP) is 7.72. The third kappa shape index (κ3) is 6.87. The van der Waals surface area contributed by atoms with Crippen molar-refractivity contribution in [1.82, 2.24) is 9.88 Å². The summed E-state index contributed by atoms with van der Waals surface area (Å²) < 4.78 is 13.1. The van der Waals surface area contributed by atoms with E-state index in [1.807, 2.05) is 37.3 Å². The van der Waals surface area contributed by atoms with Gasteiger partial charge in [0.25, 0.3) is 5.91 Å². The number of esters is 1. The van der Waals surface area contributed by atoms with E-state index in [9.17, 15) is 9.59 Å². The first-order valence-corrected chi connectivity index (χ1v) is 15.0. The molecule has 1 heterocycles. The van der Waals surface area contributed by atoms with Gasteiger partial charge < -0.3 is 19.4 Å². The van der Waals surface area contributed by atoms with Crippen molar-refractivity contribution >= 4 is 22.8 Å². The molecule has 0 aliphatic heterocycles. The van der Waals surface area contributed by atoms with Gasteiger partial charge in [-0.05, 0) is 100 Å². The number of nitrogens with one attached hydrogen (secondary N) is 1. The van der Waals surface area contributed by atoms with E-state index in [2.05, 4.69) is 67.1 Å². The highest BCUT2D eigenvalue weighted by molar-refractivity contribution is 5.99. The number of fused-ring (bicyclic) bond motifs is 1. The van der Waals surface area contributed by atoms with Gasteiger partial charge in [-0.25, -0.2) is 4.79 Å². The maximum absolute atomic E-state index is 13.4. The Balaban J connectivity index is 1.57. The molecule has 0 bridgehead atoms. The van der Waals surface area contributed by atoms with Crippen molar-refractivity contribution in [2.75, 3.05) is 7.11 Å². The van der Waals surface area contributed by atoms with Crippen molar-refractivity contribution in [3.8, 4) is 5.75 Å². The second-order valence-electron chi connectivity index (χ2n) is 11.5. The number of unbranched alkanes of at least 4 members (excludes halogenated alkanes) is 1. The van der Waals surface area contributed by atoms with Crippen LogP contribution in [-0.4, -0.2) is 29.2 Å². The summed E-state index contributed by atoms with van der Waals surface area (Å²) in [6.45, 7) is 12.7. The number of rotatable bonds is 12. The van der Waals surface area contributed by atoms with E-state index in [0.717, 1.165) is 47.8 Å². The van der Waals surface area contributed by atoms with Crippen molar-refractivity contribution in [2.24, 2.45) is 0 Å². The monoisotopic (exact) mass is 568 g/mol. The highest BCUT2D eigenvalue weighted by Crippen LogP contribution is 2.31. The summed E-state index contributed by atoms with van der Waals surface area (Å²) in [6.07, 6.45) is 4.08. The Morgan fingerprint density at radius 2 is 1.71 bits per heavy atom. The Labute approximate surface area is 250 Å². The van der Waals surface area contributed by atoms with Gasteiger partial charge in [-0.1, -0.05) is 55.8 Å². The van der Waals surface area contributed by atoms with E-state index in [0.29, 0.717) is 17.7 Å². The summed E-state index contributed by atoms with van der Waals surface area (Å²) in [6, 6.07) is 22.2. The molecule has 1 atom stereocenters. The number of carbonyl (C=O) groups is 2. The Morgan fingerprint density at radius 1 is 0.976 bits per heavy atom. The van der Waals surface area contributed by atoms with Gasteiger partial charge in [0.05, 0.1) is 13.2 Å². The number of ether oxygens (including phenoxy) is 2.